The Morgan fingerprint density at radius 1 is 1.00 bits per heavy atom. The Kier molecular flexibility index (Phi) is 4.34. The molecule has 0 amide bonds. The second kappa shape index (κ2) is 5.98. The Bertz CT molecular complexity index is 482. The van der Waals surface area contributed by atoms with Gasteiger partial charge in [0.25, 0.3) is 0 Å². The topological polar surface area (TPSA) is 24.9 Å². The lowest BCUT2D eigenvalue weighted by molar-refractivity contribution is 0.486. The van der Waals surface area contributed by atoms with E-state index in [-0.39, 0.29) is 12.1 Å². The number of pyridine rings is 1. The summed E-state index contributed by atoms with van der Waals surface area (Å²) in [6.45, 7) is 4.26. The van der Waals surface area contributed by atoms with Gasteiger partial charge in [0, 0.05) is 23.3 Å². The van der Waals surface area contributed by atoms with Crippen LogP contribution in [0, 0.1) is 0 Å². The van der Waals surface area contributed by atoms with Gasteiger partial charge in [-0.25, -0.2) is 0 Å². The third-order valence-corrected chi connectivity index (χ3v) is 3.25. The van der Waals surface area contributed by atoms with Gasteiger partial charge in [0.05, 0.1) is 5.69 Å². The van der Waals surface area contributed by atoms with E-state index in [0.717, 1.165) is 10.7 Å². The number of hydrogen-bond donors (Lipinski definition) is 1. The molecule has 1 heterocycles. The molecule has 0 saturated carbocycles. The zero-order chi connectivity index (χ0) is 13.0. The largest absolute Gasteiger partial charge is 0.302 e. The van der Waals surface area contributed by atoms with Crippen LogP contribution in [0.2, 0.25) is 5.02 Å². The Morgan fingerprint density at radius 3 is 2.33 bits per heavy atom. The molecule has 1 aromatic carbocycles. The second-order valence-corrected chi connectivity index (χ2v) is 4.85. The summed E-state index contributed by atoms with van der Waals surface area (Å²) in [6, 6.07) is 14.4. The molecule has 2 nitrogen and oxygen atoms in total. The first-order valence-corrected chi connectivity index (χ1v) is 6.47. The van der Waals surface area contributed by atoms with Crippen LogP contribution in [-0.4, -0.2) is 4.98 Å². The third-order valence-electron chi connectivity index (χ3n) is 3.00. The standard InChI is InChI=1S/C15H17ClN2/c1-11(13-6-8-14(16)9-7-13)18-12(2)15-5-3-4-10-17-15/h3-12,18H,1-2H3/t11-,12?/m0/s1. The van der Waals surface area contributed by atoms with E-state index in [1.807, 2.05) is 48.7 Å². The molecular formula is C15H17ClN2. The lowest BCUT2D eigenvalue weighted by Gasteiger charge is -2.20. The van der Waals surface area contributed by atoms with Crippen LogP contribution in [0.1, 0.15) is 37.2 Å². The summed E-state index contributed by atoms with van der Waals surface area (Å²) in [5.41, 5.74) is 2.28. The van der Waals surface area contributed by atoms with E-state index in [1.54, 1.807) is 0 Å². The predicted molar refractivity (Wildman–Crippen MR) is 75.7 cm³/mol. The first kappa shape index (κ1) is 13.1. The van der Waals surface area contributed by atoms with Crippen molar-refractivity contribution < 1.29 is 0 Å². The molecule has 3 heteroatoms. The summed E-state index contributed by atoms with van der Waals surface area (Å²) < 4.78 is 0. The molecule has 0 radical (unpaired) electrons. The highest BCUT2D eigenvalue weighted by atomic mass is 35.5. The maximum Gasteiger partial charge on any atom is 0.0570 e. The highest BCUT2D eigenvalue weighted by molar-refractivity contribution is 6.30. The quantitative estimate of drug-likeness (QED) is 0.893. The minimum absolute atomic E-state index is 0.219. The van der Waals surface area contributed by atoms with Crippen molar-refractivity contribution in [2.45, 2.75) is 25.9 Å². The van der Waals surface area contributed by atoms with Crippen molar-refractivity contribution in [3.05, 3.63) is 64.9 Å². The predicted octanol–water partition coefficient (Wildman–Crippen LogP) is 4.15. The molecule has 18 heavy (non-hydrogen) atoms. The Labute approximate surface area is 113 Å². The lowest BCUT2D eigenvalue weighted by Crippen LogP contribution is -2.23. The van der Waals surface area contributed by atoms with E-state index < -0.39 is 0 Å². The molecule has 0 spiro atoms. The minimum Gasteiger partial charge on any atom is -0.302 e. The van der Waals surface area contributed by atoms with Gasteiger partial charge in [-0.3, -0.25) is 4.98 Å². The van der Waals surface area contributed by atoms with Crippen LogP contribution in [0.15, 0.2) is 48.7 Å². The summed E-state index contributed by atoms with van der Waals surface area (Å²) in [7, 11) is 0. The SMILES string of the molecule is CC(N[C@@H](C)c1ccc(Cl)cc1)c1ccccn1. The van der Waals surface area contributed by atoms with Crippen molar-refractivity contribution in [1.29, 1.82) is 0 Å². The molecule has 0 fully saturated rings. The summed E-state index contributed by atoms with van der Waals surface area (Å²) >= 11 is 5.89. The van der Waals surface area contributed by atoms with E-state index in [4.69, 9.17) is 11.6 Å². The van der Waals surface area contributed by atoms with Gasteiger partial charge in [0.2, 0.25) is 0 Å². The summed E-state index contributed by atoms with van der Waals surface area (Å²) in [4.78, 5) is 4.36. The minimum atomic E-state index is 0.219. The van der Waals surface area contributed by atoms with Gasteiger partial charge in [-0.1, -0.05) is 29.8 Å². The van der Waals surface area contributed by atoms with Crippen LogP contribution in [0.5, 0.6) is 0 Å². The Balaban J connectivity index is 2.03. The highest BCUT2D eigenvalue weighted by Gasteiger charge is 2.11. The van der Waals surface area contributed by atoms with Crippen molar-refractivity contribution >= 4 is 11.6 Å². The van der Waals surface area contributed by atoms with Crippen molar-refractivity contribution in [1.82, 2.24) is 10.3 Å². The van der Waals surface area contributed by atoms with Crippen LogP contribution in [0.3, 0.4) is 0 Å². The average Bonchev–Trinajstić information content (AvgIpc) is 2.40. The fraction of sp³-hybridized carbons (Fsp3) is 0.267. The molecule has 1 N–H and O–H groups in total. The maximum absolute atomic E-state index is 5.89. The number of nitrogens with zero attached hydrogens (tertiary/aromatic N) is 1. The van der Waals surface area contributed by atoms with Gasteiger partial charge in [-0.2, -0.15) is 0 Å². The van der Waals surface area contributed by atoms with Crippen LogP contribution < -0.4 is 5.32 Å². The molecule has 2 rings (SSSR count). The first-order valence-electron chi connectivity index (χ1n) is 6.09. The summed E-state index contributed by atoms with van der Waals surface area (Å²) in [5, 5.41) is 4.29. The number of aromatic nitrogens is 1. The molecule has 0 aliphatic rings. The molecule has 94 valence electrons. The van der Waals surface area contributed by atoms with Gasteiger partial charge >= 0.3 is 0 Å². The monoisotopic (exact) mass is 260 g/mol. The number of halogens is 1. The molecule has 0 bridgehead atoms. The molecule has 2 aromatic rings. The van der Waals surface area contributed by atoms with Gasteiger partial charge in [-0.15, -0.1) is 0 Å². The van der Waals surface area contributed by atoms with Crippen LogP contribution in [-0.2, 0) is 0 Å². The van der Waals surface area contributed by atoms with Crippen LogP contribution >= 0.6 is 11.6 Å². The van der Waals surface area contributed by atoms with E-state index in [9.17, 15) is 0 Å². The van der Waals surface area contributed by atoms with Gasteiger partial charge < -0.3 is 5.32 Å². The van der Waals surface area contributed by atoms with E-state index in [0.29, 0.717) is 0 Å². The number of rotatable bonds is 4. The van der Waals surface area contributed by atoms with Crippen LogP contribution in [0.4, 0.5) is 0 Å². The molecule has 1 aromatic heterocycles. The van der Waals surface area contributed by atoms with Gasteiger partial charge in [0.15, 0.2) is 0 Å². The van der Waals surface area contributed by atoms with E-state index in [2.05, 4.69) is 24.1 Å². The zero-order valence-electron chi connectivity index (χ0n) is 10.6. The summed E-state index contributed by atoms with van der Waals surface area (Å²) in [5.74, 6) is 0. The van der Waals surface area contributed by atoms with Crippen LogP contribution in [0.25, 0.3) is 0 Å². The number of benzene rings is 1. The highest BCUT2D eigenvalue weighted by Crippen LogP contribution is 2.19. The lowest BCUT2D eigenvalue weighted by atomic mass is 10.1. The Hall–Kier alpha value is -1.38. The van der Waals surface area contributed by atoms with E-state index in [1.165, 1.54) is 5.56 Å². The second-order valence-electron chi connectivity index (χ2n) is 4.42. The maximum atomic E-state index is 5.89. The van der Waals surface area contributed by atoms with Crippen molar-refractivity contribution in [2.24, 2.45) is 0 Å². The van der Waals surface area contributed by atoms with Gasteiger partial charge in [-0.05, 0) is 43.7 Å². The number of hydrogen-bond acceptors (Lipinski definition) is 2. The Morgan fingerprint density at radius 2 is 1.72 bits per heavy atom. The van der Waals surface area contributed by atoms with Crippen molar-refractivity contribution in [3.63, 3.8) is 0 Å². The molecule has 0 aliphatic carbocycles. The fourth-order valence-corrected chi connectivity index (χ4v) is 2.07. The molecule has 2 atom stereocenters. The number of nitrogens with one attached hydrogen (secondary N) is 1. The average molecular weight is 261 g/mol. The molecule has 0 saturated heterocycles. The zero-order valence-corrected chi connectivity index (χ0v) is 11.4. The summed E-state index contributed by atoms with van der Waals surface area (Å²) in [6.07, 6.45) is 1.82. The molecule has 0 aliphatic heterocycles. The first-order chi connectivity index (χ1) is 8.66. The molecule has 1 unspecified atom stereocenters. The van der Waals surface area contributed by atoms with E-state index >= 15 is 0 Å². The van der Waals surface area contributed by atoms with Crippen molar-refractivity contribution in [3.8, 4) is 0 Å². The van der Waals surface area contributed by atoms with Crippen molar-refractivity contribution in [2.75, 3.05) is 0 Å². The van der Waals surface area contributed by atoms with Gasteiger partial charge in [0.1, 0.15) is 0 Å². The third kappa shape index (κ3) is 3.31. The fourth-order valence-electron chi connectivity index (χ4n) is 1.94. The normalized spacial score (nSPS) is 14.2. The smallest absolute Gasteiger partial charge is 0.0570 e. The molecular weight excluding hydrogens is 244 g/mol.